The summed E-state index contributed by atoms with van der Waals surface area (Å²) in [6.45, 7) is 9.27. The average Bonchev–Trinajstić information content (AvgIpc) is 3.58. The van der Waals surface area contributed by atoms with E-state index >= 15 is 0 Å². The largest absolute Gasteiger partial charge is 0.379 e. The third-order valence-electron chi connectivity index (χ3n) is 10.4. The molecule has 2 saturated heterocycles. The number of rotatable bonds is 9. The monoisotopic (exact) mass is 632 g/mol. The van der Waals surface area contributed by atoms with Crippen LogP contribution in [0.15, 0.2) is 41.6 Å². The fourth-order valence-corrected chi connectivity index (χ4v) is 8.11. The predicted molar refractivity (Wildman–Crippen MR) is 170 cm³/mol. The number of aromatic nitrogens is 1. The fraction of sp³-hybridized carbons (Fsp3) is 0.559. The molecule has 1 saturated carbocycles. The lowest BCUT2D eigenvalue weighted by Gasteiger charge is -2.52. The molecule has 6 rings (SSSR count). The van der Waals surface area contributed by atoms with Crippen LogP contribution in [0, 0.1) is 17.8 Å². The Balaban J connectivity index is 1.33. The third kappa shape index (κ3) is 5.30. The Labute approximate surface area is 268 Å². The summed E-state index contributed by atoms with van der Waals surface area (Å²) in [5.74, 6) is -3.86. The van der Waals surface area contributed by atoms with Gasteiger partial charge in [0.05, 0.1) is 25.0 Å². The molecule has 1 aliphatic carbocycles. The lowest BCUT2D eigenvalue weighted by molar-refractivity contribution is -0.150. The van der Waals surface area contributed by atoms with E-state index in [-0.39, 0.29) is 31.4 Å². The summed E-state index contributed by atoms with van der Waals surface area (Å²) >= 11 is 0. The highest BCUT2D eigenvalue weighted by atomic mass is 16.5. The number of para-hydroxylation sites is 1. The first-order valence-corrected chi connectivity index (χ1v) is 16.5. The molecular formula is C34H44N6O6. The van der Waals surface area contributed by atoms with Crippen LogP contribution in [0.5, 0.6) is 0 Å². The molecule has 12 nitrogen and oxygen atoms in total. The minimum absolute atomic E-state index is 0.231. The summed E-state index contributed by atoms with van der Waals surface area (Å²) in [4.78, 5) is 77.8. The molecule has 0 spiro atoms. The number of urea groups is 1. The normalized spacial score (nSPS) is 26.8. The molecule has 4 aliphatic rings. The number of nitrogens with one attached hydrogen (secondary N) is 3. The Morgan fingerprint density at radius 3 is 2.54 bits per heavy atom. The van der Waals surface area contributed by atoms with Crippen molar-refractivity contribution in [2.24, 2.45) is 17.8 Å². The van der Waals surface area contributed by atoms with Gasteiger partial charge in [0.25, 0.3) is 5.91 Å². The molecule has 1 aromatic carbocycles. The topological polar surface area (TPSA) is 144 Å². The van der Waals surface area contributed by atoms with Gasteiger partial charge in [0.1, 0.15) is 5.54 Å². The molecule has 6 amide bonds. The standard InChI is InChI=1S/C34H44N6O6/c1-4-22-24-10-11-25-27(31(43)39(5-2)29(25)41)28(24)34(3,32(44)35-13-12-21-20-37-26-9-7-6-8-23(21)26)40(30(22)42)33(45)36-14-15-38-16-18-46-19-17-38/h6-9,20,25,27-28,37H,4-5,10-19H2,1-3H3,(H,35,44)(H,36,45)/t25-,27-,28+,34+/m1/s1. The van der Waals surface area contributed by atoms with Gasteiger partial charge in [-0.1, -0.05) is 30.7 Å². The van der Waals surface area contributed by atoms with Crippen LogP contribution in [0.2, 0.25) is 0 Å². The van der Waals surface area contributed by atoms with Gasteiger partial charge in [0, 0.05) is 67.9 Å². The van der Waals surface area contributed by atoms with Crippen LogP contribution in [0.4, 0.5) is 4.79 Å². The minimum atomic E-state index is -1.74. The predicted octanol–water partition coefficient (Wildman–Crippen LogP) is 2.21. The molecule has 0 unspecified atom stereocenters. The van der Waals surface area contributed by atoms with Crippen LogP contribution < -0.4 is 10.6 Å². The van der Waals surface area contributed by atoms with Crippen LogP contribution in [0.25, 0.3) is 10.9 Å². The highest BCUT2D eigenvalue weighted by Crippen LogP contribution is 2.54. The van der Waals surface area contributed by atoms with Gasteiger partial charge < -0.3 is 20.4 Å². The van der Waals surface area contributed by atoms with Gasteiger partial charge >= 0.3 is 6.03 Å². The lowest BCUT2D eigenvalue weighted by atomic mass is 9.59. The number of likely N-dealkylation sites (tertiary alicyclic amines) is 1. The number of amides is 6. The third-order valence-corrected chi connectivity index (χ3v) is 10.4. The van der Waals surface area contributed by atoms with Gasteiger partial charge in [-0.3, -0.25) is 29.0 Å². The van der Waals surface area contributed by atoms with E-state index in [9.17, 15) is 24.0 Å². The summed E-state index contributed by atoms with van der Waals surface area (Å²) in [5.41, 5.74) is 1.46. The summed E-state index contributed by atoms with van der Waals surface area (Å²) in [6, 6.07) is 7.23. The van der Waals surface area contributed by atoms with Gasteiger partial charge in [-0.2, -0.15) is 0 Å². The minimum Gasteiger partial charge on any atom is -0.379 e. The summed E-state index contributed by atoms with van der Waals surface area (Å²) in [6.07, 6.45) is 3.63. The average molecular weight is 633 g/mol. The van der Waals surface area contributed by atoms with Crippen molar-refractivity contribution >= 4 is 40.6 Å². The molecule has 3 N–H and O–H groups in total. The number of fused-ring (bicyclic) bond motifs is 4. The van der Waals surface area contributed by atoms with Crippen LogP contribution in [0.1, 0.15) is 45.6 Å². The highest BCUT2D eigenvalue weighted by Gasteiger charge is 2.65. The maximum atomic E-state index is 14.5. The molecular weight excluding hydrogens is 588 g/mol. The number of carbonyl (C=O) groups excluding carboxylic acids is 5. The number of H-pyrrole nitrogens is 1. The first-order chi connectivity index (χ1) is 22.2. The van der Waals surface area contributed by atoms with Crippen LogP contribution in [-0.2, 0) is 30.3 Å². The zero-order valence-electron chi connectivity index (χ0n) is 26.9. The molecule has 2 aromatic rings. The summed E-state index contributed by atoms with van der Waals surface area (Å²) in [5, 5.41) is 6.97. The number of morpholine rings is 1. The first-order valence-electron chi connectivity index (χ1n) is 16.5. The fourth-order valence-electron chi connectivity index (χ4n) is 8.11. The van der Waals surface area contributed by atoms with Gasteiger partial charge in [-0.15, -0.1) is 0 Å². The smallest absolute Gasteiger partial charge is 0.325 e. The van der Waals surface area contributed by atoms with Gasteiger partial charge in [0.2, 0.25) is 17.7 Å². The molecule has 4 atom stereocenters. The maximum absolute atomic E-state index is 14.5. The van der Waals surface area contributed by atoms with E-state index in [0.717, 1.165) is 40.0 Å². The number of aromatic amines is 1. The molecule has 46 heavy (non-hydrogen) atoms. The van der Waals surface area contributed by atoms with E-state index in [0.29, 0.717) is 51.0 Å². The van der Waals surface area contributed by atoms with Gasteiger partial charge in [0.15, 0.2) is 0 Å². The zero-order valence-corrected chi connectivity index (χ0v) is 26.9. The molecule has 3 fully saturated rings. The van der Waals surface area contributed by atoms with Gasteiger partial charge in [-0.25, -0.2) is 9.69 Å². The van der Waals surface area contributed by atoms with E-state index in [1.165, 1.54) is 4.90 Å². The van der Waals surface area contributed by atoms with Crippen molar-refractivity contribution in [2.45, 2.75) is 52.0 Å². The highest BCUT2D eigenvalue weighted by molar-refractivity contribution is 6.12. The maximum Gasteiger partial charge on any atom is 0.325 e. The molecule has 0 bridgehead atoms. The number of hydrogen-bond acceptors (Lipinski definition) is 7. The van der Waals surface area contributed by atoms with Crippen LogP contribution >= 0.6 is 0 Å². The Kier molecular flexibility index (Phi) is 9.02. The van der Waals surface area contributed by atoms with Crippen molar-refractivity contribution in [3.05, 3.63) is 47.2 Å². The van der Waals surface area contributed by atoms with E-state index in [1.54, 1.807) is 13.8 Å². The molecule has 4 heterocycles. The molecule has 0 radical (unpaired) electrons. The van der Waals surface area contributed by atoms with Gasteiger partial charge in [-0.05, 0) is 51.2 Å². The van der Waals surface area contributed by atoms with E-state index in [1.807, 2.05) is 37.4 Å². The van der Waals surface area contributed by atoms with Crippen molar-refractivity contribution in [2.75, 3.05) is 52.5 Å². The zero-order chi connectivity index (χ0) is 32.6. The van der Waals surface area contributed by atoms with E-state index in [4.69, 9.17) is 4.74 Å². The number of ether oxygens (including phenoxy) is 1. The first kappa shape index (κ1) is 31.9. The number of nitrogens with zero attached hydrogens (tertiary/aromatic N) is 3. The Morgan fingerprint density at radius 1 is 1.04 bits per heavy atom. The van der Waals surface area contributed by atoms with Crippen molar-refractivity contribution < 1.29 is 28.7 Å². The van der Waals surface area contributed by atoms with Crippen molar-refractivity contribution in [3.63, 3.8) is 0 Å². The molecule has 3 aliphatic heterocycles. The van der Waals surface area contributed by atoms with Crippen LogP contribution in [-0.4, -0.2) is 107 Å². The second-order valence-corrected chi connectivity index (χ2v) is 12.8. The number of imide groups is 2. The molecule has 246 valence electrons. The Bertz CT molecular complexity index is 1580. The number of hydrogen-bond donors (Lipinski definition) is 3. The van der Waals surface area contributed by atoms with Crippen molar-refractivity contribution in [3.8, 4) is 0 Å². The lowest BCUT2D eigenvalue weighted by Crippen LogP contribution is -2.71. The molecule has 12 heteroatoms. The van der Waals surface area contributed by atoms with E-state index < -0.39 is 41.1 Å². The number of benzene rings is 1. The van der Waals surface area contributed by atoms with Crippen LogP contribution in [0.3, 0.4) is 0 Å². The summed E-state index contributed by atoms with van der Waals surface area (Å²) in [7, 11) is 0. The SMILES string of the molecule is CCC1=C2CC[C@H]3C(=O)N(CC)C(=O)[C@H]3[C@H]2[C@@](C)(C(=O)NCCc2c[nH]c3ccccc23)N(C(=O)NCCN2CCOCC2)C1=O. The van der Waals surface area contributed by atoms with E-state index in [2.05, 4.69) is 20.5 Å². The molecule has 1 aromatic heterocycles. The second-order valence-electron chi connectivity index (χ2n) is 12.8. The Hall–Kier alpha value is -4.03. The number of carbonyl (C=O) groups is 5. The van der Waals surface area contributed by atoms with Crippen molar-refractivity contribution in [1.82, 2.24) is 30.3 Å². The summed E-state index contributed by atoms with van der Waals surface area (Å²) < 4.78 is 5.42. The Morgan fingerprint density at radius 2 is 1.80 bits per heavy atom. The quantitative estimate of drug-likeness (QED) is 0.360. The van der Waals surface area contributed by atoms with Crippen molar-refractivity contribution in [1.29, 1.82) is 0 Å². The second kappa shape index (κ2) is 13.0.